The van der Waals surface area contributed by atoms with Gasteiger partial charge in [-0.3, -0.25) is 4.79 Å². The maximum atomic E-state index is 13.7. The van der Waals surface area contributed by atoms with Gasteiger partial charge in [-0.2, -0.15) is 0 Å². The predicted molar refractivity (Wildman–Crippen MR) is 109 cm³/mol. The summed E-state index contributed by atoms with van der Waals surface area (Å²) in [5.41, 5.74) is 2.68. The number of amides is 1. The number of rotatable bonds is 9. The molecule has 0 unspecified atom stereocenters. The second kappa shape index (κ2) is 10.4. The highest BCUT2D eigenvalue weighted by molar-refractivity contribution is 7.99. The Morgan fingerprint density at radius 1 is 1.15 bits per heavy atom. The molecule has 2 aromatic carbocycles. The third-order valence-corrected chi connectivity index (χ3v) is 5.41. The van der Waals surface area contributed by atoms with Gasteiger partial charge in [0.25, 0.3) is 0 Å². The molecule has 0 aliphatic rings. The number of hydrogen-bond donors (Lipinski definition) is 1. The first-order valence-electron chi connectivity index (χ1n) is 8.66. The van der Waals surface area contributed by atoms with Crippen molar-refractivity contribution in [2.45, 2.75) is 26.1 Å². The molecule has 1 amide bonds. The third kappa shape index (κ3) is 5.92. The summed E-state index contributed by atoms with van der Waals surface area (Å²) >= 11 is 7.33. The van der Waals surface area contributed by atoms with Crippen LogP contribution in [0.15, 0.2) is 42.5 Å². The van der Waals surface area contributed by atoms with E-state index >= 15 is 0 Å². The topological polar surface area (TPSA) is 32.3 Å². The Kier molecular flexibility index (Phi) is 8.26. The Morgan fingerprint density at radius 2 is 1.85 bits per heavy atom. The second-order valence-corrected chi connectivity index (χ2v) is 7.20. The van der Waals surface area contributed by atoms with E-state index in [1.165, 1.54) is 23.5 Å². The summed E-state index contributed by atoms with van der Waals surface area (Å²) in [6.45, 7) is 6.68. The highest BCUT2D eigenvalue weighted by Gasteiger charge is 2.09. The van der Waals surface area contributed by atoms with Gasteiger partial charge in [0.15, 0.2) is 0 Å². The molecule has 0 aliphatic carbocycles. The monoisotopic (exact) mass is 394 g/mol. The molecule has 0 radical (unpaired) electrons. The smallest absolute Gasteiger partial charge is 0.230 e. The van der Waals surface area contributed by atoms with Crippen molar-refractivity contribution < 1.29 is 9.18 Å². The lowest BCUT2D eigenvalue weighted by Gasteiger charge is -2.21. The van der Waals surface area contributed by atoms with E-state index in [1.54, 1.807) is 12.1 Å². The second-order valence-electron chi connectivity index (χ2n) is 5.81. The molecule has 2 aromatic rings. The molecule has 0 spiro atoms. The van der Waals surface area contributed by atoms with Crippen LogP contribution in [0.1, 0.15) is 25.0 Å². The van der Waals surface area contributed by atoms with Gasteiger partial charge in [0.2, 0.25) is 5.91 Å². The number of anilines is 1. The van der Waals surface area contributed by atoms with Crippen molar-refractivity contribution in [1.29, 1.82) is 0 Å². The van der Waals surface area contributed by atoms with Crippen LogP contribution >= 0.6 is 23.4 Å². The Bertz CT molecular complexity index is 700. The fourth-order valence-corrected chi connectivity index (χ4v) is 3.78. The van der Waals surface area contributed by atoms with Crippen LogP contribution in [0.5, 0.6) is 0 Å². The van der Waals surface area contributed by atoms with Gasteiger partial charge in [0.05, 0.1) is 5.75 Å². The van der Waals surface area contributed by atoms with Crippen molar-refractivity contribution in [2.24, 2.45) is 0 Å². The average Bonchev–Trinajstić information content (AvgIpc) is 2.64. The highest BCUT2D eigenvalue weighted by atomic mass is 35.5. The van der Waals surface area contributed by atoms with Gasteiger partial charge < -0.3 is 10.2 Å². The van der Waals surface area contributed by atoms with E-state index in [4.69, 9.17) is 11.6 Å². The summed E-state index contributed by atoms with van der Waals surface area (Å²) in [6.07, 6.45) is 0. The molecule has 26 heavy (non-hydrogen) atoms. The van der Waals surface area contributed by atoms with Crippen molar-refractivity contribution in [1.82, 2.24) is 5.32 Å². The van der Waals surface area contributed by atoms with Gasteiger partial charge in [0.1, 0.15) is 5.82 Å². The first kappa shape index (κ1) is 20.6. The van der Waals surface area contributed by atoms with Crippen LogP contribution < -0.4 is 10.2 Å². The highest BCUT2D eigenvalue weighted by Crippen LogP contribution is 2.23. The molecular weight excluding hydrogens is 371 g/mol. The molecule has 3 nitrogen and oxygen atoms in total. The average molecular weight is 395 g/mol. The minimum atomic E-state index is -0.335. The molecule has 0 aromatic heterocycles. The Labute approximate surface area is 163 Å². The fourth-order valence-electron chi connectivity index (χ4n) is 2.58. The molecule has 6 heteroatoms. The van der Waals surface area contributed by atoms with E-state index in [9.17, 15) is 9.18 Å². The summed E-state index contributed by atoms with van der Waals surface area (Å²) in [5, 5.41) is 3.29. The minimum Gasteiger partial charge on any atom is -0.372 e. The predicted octanol–water partition coefficient (Wildman–Crippen LogP) is 4.87. The summed E-state index contributed by atoms with van der Waals surface area (Å²) in [6, 6.07) is 12.8. The lowest BCUT2D eigenvalue weighted by Crippen LogP contribution is -2.25. The summed E-state index contributed by atoms with van der Waals surface area (Å²) in [7, 11) is 0. The molecule has 0 aliphatic heterocycles. The number of benzene rings is 2. The summed E-state index contributed by atoms with van der Waals surface area (Å²) in [5.74, 6) is 0.230. The first-order chi connectivity index (χ1) is 12.5. The minimum absolute atomic E-state index is 0.0738. The van der Waals surface area contributed by atoms with E-state index in [0.29, 0.717) is 22.9 Å². The molecule has 0 saturated carbocycles. The molecule has 1 N–H and O–H groups in total. The van der Waals surface area contributed by atoms with E-state index in [0.717, 1.165) is 18.7 Å². The van der Waals surface area contributed by atoms with Gasteiger partial charge in [-0.15, -0.1) is 11.8 Å². The van der Waals surface area contributed by atoms with E-state index in [-0.39, 0.29) is 17.5 Å². The van der Waals surface area contributed by atoms with Crippen LogP contribution in [0.3, 0.4) is 0 Å². The van der Waals surface area contributed by atoms with Crippen LogP contribution in [-0.2, 0) is 17.1 Å². The molecular formula is C20H24ClFN2OS. The van der Waals surface area contributed by atoms with Gasteiger partial charge in [-0.05, 0) is 43.7 Å². The van der Waals surface area contributed by atoms with Crippen molar-refractivity contribution in [3.8, 4) is 0 Å². The molecule has 0 fully saturated rings. The number of thioether (sulfide) groups is 1. The van der Waals surface area contributed by atoms with Gasteiger partial charge >= 0.3 is 0 Å². The lowest BCUT2D eigenvalue weighted by atomic mass is 10.2. The number of nitrogens with one attached hydrogen (secondary N) is 1. The molecule has 0 atom stereocenters. The fraction of sp³-hybridized carbons (Fsp3) is 0.350. The zero-order valence-electron chi connectivity index (χ0n) is 15.1. The van der Waals surface area contributed by atoms with Gasteiger partial charge in [-0.25, -0.2) is 4.39 Å². The first-order valence-corrected chi connectivity index (χ1v) is 10.2. The number of nitrogens with zero attached hydrogens (tertiary/aromatic N) is 1. The molecule has 140 valence electrons. The van der Waals surface area contributed by atoms with Gasteiger partial charge in [0, 0.05) is 41.7 Å². The van der Waals surface area contributed by atoms with Crippen molar-refractivity contribution in [3.05, 3.63) is 64.4 Å². The number of halogens is 2. The molecule has 0 bridgehead atoms. The van der Waals surface area contributed by atoms with Crippen LogP contribution in [0.25, 0.3) is 0 Å². The third-order valence-electron chi connectivity index (χ3n) is 4.10. The molecule has 2 rings (SSSR count). The Balaban J connectivity index is 1.76. The summed E-state index contributed by atoms with van der Waals surface area (Å²) < 4.78 is 13.7. The van der Waals surface area contributed by atoms with Gasteiger partial charge in [-0.1, -0.05) is 29.8 Å². The zero-order valence-corrected chi connectivity index (χ0v) is 16.7. The quantitative estimate of drug-likeness (QED) is 0.658. The van der Waals surface area contributed by atoms with Crippen LogP contribution in [0.4, 0.5) is 10.1 Å². The Hall–Kier alpha value is -1.72. The standard InChI is InChI=1S/C20H24ClFN2OS/c1-3-24(4-2)16-10-8-15(9-11-16)12-23-20(25)14-26-13-17-18(21)6-5-7-19(17)22/h5-11H,3-4,12-14H2,1-2H3,(H,23,25). The molecule has 0 heterocycles. The van der Waals surface area contributed by atoms with Crippen molar-refractivity contribution in [3.63, 3.8) is 0 Å². The number of carbonyl (C=O) groups excluding carboxylic acids is 1. The maximum absolute atomic E-state index is 13.7. The van der Waals surface area contributed by atoms with E-state index in [2.05, 4.69) is 36.2 Å². The SMILES string of the molecule is CCN(CC)c1ccc(CNC(=O)CSCc2c(F)cccc2Cl)cc1. The Morgan fingerprint density at radius 3 is 2.46 bits per heavy atom. The van der Waals surface area contributed by atoms with Crippen LogP contribution in [0, 0.1) is 5.82 Å². The molecule has 0 saturated heterocycles. The van der Waals surface area contributed by atoms with Crippen LogP contribution in [-0.4, -0.2) is 24.7 Å². The largest absolute Gasteiger partial charge is 0.372 e. The van der Waals surface area contributed by atoms with Crippen LogP contribution in [0.2, 0.25) is 5.02 Å². The lowest BCUT2D eigenvalue weighted by molar-refractivity contribution is -0.118. The zero-order chi connectivity index (χ0) is 18.9. The normalized spacial score (nSPS) is 10.6. The van der Waals surface area contributed by atoms with Crippen molar-refractivity contribution >= 4 is 35.0 Å². The maximum Gasteiger partial charge on any atom is 0.230 e. The van der Waals surface area contributed by atoms with E-state index in [1.807, 2.05) is 12.1 Å². The van der Waals surface area contributed by atoms with E-state index < -0.39 is 0 Å². The number of hydrogen-bond acceptors (Lipinski definition) is 3. The summed E-state index contributed by atoms with van der Waals surface area (Å²) in [4.78, 5) is 14.2. The number of carbonyl (C=O) groups is 1. The van der Waals surface area contributed by atoms with Crippen molar-refractivity contribution in [2.75, 3.05) is 23.7 Å².